The summed E-state index contributed by atoms with van der Waals surface area (Å²) in [6, 6.07) is 66.1. The number of oxazole rings is 4. The first kappa shape index (κ1) is 84.7. The number of nitrogens with two attached hydrogens (primary N) is 2. The molecular weight excluding hydrogens is 1510 g/mol. The molecule has 0 saturated heterocycles. The number of carbonyl (C=O) groups excluding carboxylic acids is 3. The van der Waals surface area contributed by atoms with Crippen LogP contribution in [0, 0.1) is 0 Å². The molecule has 27 nitrogen and oxygen atoms in total. The van der Waals surface area contributed by atoms with Crippen LogP contribution < -0.4 is 54.3 Å². The van der Waals surface area contributed by atoms with Crippen LogP contribution in [0.5, 0.6) is 40.4 Å². The van der Waals surface area contributed by atoms with Gasteiger partial charge in [-0.3, -0.25) is 14.9 Å². The maximum Gasteiger partial charge on any atom is 0.534 e. The Kier molecular flexibility index (Phi) is 29.1. The van der Waals surface area contributed by atoms with Gasteiger partial charge in [-0.15, -0.1) is 0 Å². The molecule has 0 unspecified atom stereocenters. The van der Waals surface area contributed by atoms with Crippen LogP contribution in [0.4, 0.5) is 35.0 Å². The molecule has 9 aromatic carbocycles. The lowest BCUT2D eigenvalue weighted by atomic mass is 10.1. The molecule has 5 N–H and O–H groups in total. The van der Waals surface area contributed by atoms with Crippen molar-refractivity contribution in [3.05, 3.63) is 255 Å². The number of alkyl halides is 3. The molecule has 0 radical (unpaired) electrons. The molecule has 115 heavy (non-hydrogen) atoms. The van der Waals surface area contributed by atoms with Crippen molar-refractivity contribution in [3.63, 3.8) is 0 Å². The normalized spacial score (nSPS) is 11.4. The predicted octanol–water partition coefficient (Wildman–Crippen LogP) is 17.4. The monoisotopic (exact) mass is 1590 g/mol. The molecule has 0 atom stereocenters. The van der Waals surface area contributed by atoms with E-state index in [2.05, 4.69) is 51.5 Å². The van der Waals surface area contributed by atoms with E-state index in [1.165, 1.54) is 13.2 Å². The van der Waals surface area contributed by atoms with E-state index >= 15 is 0 Å². The summed E-state index contributed by atoms with van der Waals surface area (Å²) in [7, 11) is 7.71. The number of aromatic nitrogens is 4. The van der Waals surface area contributed by atoms with Gasteiger partial charge in [0.1, 0.15) is 76.0 Å². The van der Waals surface area contributed by atoms with Gasteiger partial charge in [-0.25, -0.2) is 19.7 Å². The number of ether oxygens (including phenoxy) is 8. The van der Waals surface area contributed by atoms with E-state index in [4.69, 9.17) is 67.0 Å². The van der Waals surface area contributed by atoms with Crippen LogP contribution in [0.3, 0.4) is 0 Å². The molecule has 5 heterocycles. The van der Waals surface area contributed by atoms with Crippen LogP contribution in [0.15, 0.2) is 266 Å². The third kappa shape index (κ3) is 24.8. The molecular formula is C84H80F3N9O18S. The summed E-state index contributed by atoms with van der Waals surface area (Å²) in [5, 5.41) is 2.70. The largest absolute Gasteiger partial charge is 0.534 e. The van der Waals surface area contributed by atoms with Gasteiger partial charge in [0.2, 0.25) is 35.4 Å². The Morgan fingerprint density at radius 3 is 1.19 bits per heavy atom. The Hall–Kier alpha value is -14.4. The SMILES string of the molecule is COc1cccc(-c2nc(-c3ccc(N(C)C)cc3)co2)c1.COc1cccc(-c2nc(-c3ccc(N)cc3)co2)c1.COc1cccc(-c2nc(-c3ccc(NC(=O)OC(C)(C)C)cc3)co2)c1.COc1cccc(-c2nc(OS(=O)(=O)C(F)(F)F)co2)c1.COc1cccc(C(N)=O)c1.COc1cccc(C2=NC(=O)CO2)c1. The topological polar surface area (TPSA) is 352 Å². The summed E-state index contributed by atoms with van der Waals surface area (Å²) in [5.74, 6) is 4.55. The number of nitrogens with zero attached hydrogens (tertiary/aromatic N) is 6. The van der Waals surface area contributed by atoms with Gasteiger partial charge >= 0.3 is 21.7 Å². The van der Waals surface area contributed by atoms with Gasteiger partial charge < -0.3 is 76.1 Å². The number of nitrogen functional groups attached to an aromatic ring is 1. The first-order valence-electron chi connectivity index (χ1n) is 34.5. The van der Waals surface area contributed by atoms with Gasteiger partial charge in [-0.05, 0) is 166 Å². The lowest BCUT2D eigenvalue weighted by Gasteiger charge is -2.19. The van der Waals surface area contributed by atoms with Gasteiger partial charge in [0.15, 0.2) is 12.9 Å². The van der Waals surface area contributed by atoms with Gasteiger partial charge in [-0.2, -0.15) is 31.6 Å². The van der Waals surface area contributed by atoms with Crippen molar-refractivity contribution in [2.75, 3.05) is 79.3 Å². The number of methoxy groups -OCH3 is 6. The number of nitrogens with one attached hydrogen (secondary N) is 1. The molecule has 13 aromatic rings. The number of rotatable bonds is 19. The number of anilines is 3. The quantitative estimate of drug-likeness (QED) is 0.0384. The maximum absolute atomic E-state index is 12.2. The second kappa shape index (κ2) is 39.5. The Bertz CT molecular complexity index is 5530. The maximum atomic E-state index is 12.2. The summed E-state index contributed by atoms with van der Waals surface area (Å²) in [4.78, 5) is 56.2. The Labute approximate surface area is 659 Å². The highest BCUT2D eigenvalue weighted by Crippen LogP contribution is 2.34. The molecule has 4 aromatic heterocycles. The number of carbonyl (C=O) groups is 3. The molecule has 596 valence electrons. The van der Waals surface area contributed by atoms with E-state index in [0.717, 1.165) is 79.0 Å². The Balaban J connectivity index is 0.000000161. The second-order valence-corrected chi connectivity index (χ2v) is 26.7. The number of hydrogen-bond donors (Lipinski definition) is 3. The molecule has 31 heteroatoms. The van der Waals surface area contributed by atoms with E-state index in [9.17, 15) is 36.0 Å². The fraction of sp³-hybridized carbons (Fsp3) is 0.167. The number of hydrogen-bond acceptors (Lipinski definition) is 24. The average Bonchev–Trinajstić information content (AvgIpc) is 1.66. The van der Waals surface area contributed by atoms with E-state index in [-0.39, 0.29) is 18.4 Å². The zero-order valence-electron chi connectivity index (χ0n) is 64.0. The second-order valence-electron chi connectivity index (χ2n) is 25.2. The Morgan fingerprint density at radius 2 is 0.826 bits per heavy atom. The van der Waals surface area contributed by atoms with E-state index in [0.29, 0.717) is 69.6 Å². The zero-order chi connectivity index (χ0) is 82.8. The lowest BCUT2D eigenvalue weighted by Crippen LogP contribution is -2.28. The summed E-state index contributed by atoms with van der Waals surface area (Å²) in [6.07, 6.45) is 5.10. The van der Waals surface area contributed by atoms with Crippen molar-refractivity contribution in [3.8, 4) is 120 Å². The fourth-order valence-corrected chi connectivity index (χ4v) is 10.3. The fourth-order valence-electron chi connectivity index (χ4n) is 9.95. The zero-order valence-corrected chi connectivity index (χ0v) is 64.8. The average molecular weight is 1590 g/mol. The summed E-state index contributed by atoms with van der Waals surface area (Å²) in [5.41, 5.74) is 16.6. The minimum absolute atomic E-state index is 0.0343. The third-order valence-corrected chi connectivity index (χ3v) is 16.6. The van der Waals surface area contributed by atoms with Crippen LogP contribution >= 0.6 is 0 Å². The summed E-state index contributed by atoms with van der Waals surface area (Å²) in [6.45, 7) is 5.49. The first-order valence-corrected chi connectivity index (χ1v) is 35.9. The number of primary amides is 1. The van der Waals surface area contributed by atoms with Crippen molar-refractivity contribution in [1.29, 1.82) is 0 Å². The highest BCUT2D eigenvalue weighted by molar-refractivity contribution is 7.88. The van der Waals surface area contributed by atoms with Crippen molar-refractivity contribution in [1.82, 2.24) is 19.9 Å². The molecule has 1 aliphatic heterocycles. The molecule has 0 bridgehead atoms. The molecule has 0 saturated carbocycles. The van der Waals surface area contributed by atoms with Gasteiger partial charge in [0, 0.05) is 81.2 Å². The van der Waals surface area contributed by atoms with Crippen LogP contribution in [0.1, 0.15) is 36.7 Å². The van der Waals surface area contributed by atoms with Crippen molar-refractivity contribution in [2.45, 2.75) is 31.9 Å². The molecule has 1 aliphatic rings. The highest BCUT2D eigenvalue weighted by atomic mass is 32.2. The van der Waals surface area contributed by atoms with E-state index in [1.807, 2.05) is 174 Å². The van der Waals surface area contributed by atoms with E-state index in [1.54, 1.807) is 115 Å². The van der Waals surface area contributed by atoms with Crippen molar-refractivity contribution >= 4 is 51.0 Å². The smallest absolute Gasteiger partial charge is 0.497 e. The number of halogens is 3. The van der Waals surface area contributed by atoms with Crippen molar-refractivity contribution < 1.29 is 95.7 Å². The molecule has 3 amide bonds. The molecule has 14 rings (SSSR count). The van der Waals surface area contributed by atoms with Gasteiger partial charge in [-0.1, -0.05) is 72.8 Å². The number of aliphatic imine (C=N–C) groups is 1. The minimum atomic E-state index is -5.78. The van der Waals surface area contributed by atoms with Crippen molar-refractivity contribution in [2.24, 2.45) is 10.7 Å². The van der Waals surface area contributed by atoms with Crippen LogP contribution in [-0.4, -0.2) is 127 Å². The third-order valence-electron chi connectivity index (χ3n) is 15.7. The van der Waals surface area contributed by atoms with E-state index < -0.39 is 39.1 Å². The minimum Gasteiger partial charge on any atom is -0.497 e. The predicted molar refractivity (Wildman–Crippen MR) is 426 cm³/mol. The Morgan fingerprint density at radius 1 is 0.470 bits per heavy atom. The number of amides is 3. The van der Waals surface area contributed by atoms with Crippen LogP contribution in [0.25, 0.3) is 79.6 Å². The van der Waals surface area contributed by atoms with Crippen LogP contribution in [-0.2, 0) is 24.4 Å². The standard InChI is InChI=1S/C21H22N2O4.C18H18N2O2.C16H14N2O2.C11H8F3NO5S.C10H9NO3.C8H9NO2/c1-21(2,3)27-20(24)22-16-10-8-14(9-11-16)18-13-26-19(23-18)15-6-5-7-17(12-15)25-4;1-20(2)15-9-7-13(8-10-15)17-12-22-18(19-17)14-5-4-6-16(11-14)21-3;1-19-14-4-2-3-12(9-14)16-18-15(10-20-16)11-5-7-13(17)8-6-11;1-18-8-4-2-3-7(5-8)10-15-9(6-19-10)20-21(16,17)11(12,13)14;1-13-8-4-2-3-7(5-8)10-11-9(12)6-14-10;1-11-7-4-2-3-6(5-7)8(9)10/h5-13H,1-4H3,(H,22,24);4-12H,1-3H3;2-10H,17H2,1H3;2-6H,1H3;2-5H,6H2,1H3;2-5H,1H3,(H2,9,10). The number of benzene rings is 9. The molecule has 0 spiro atoms. The summed E-state index contributed by atoms with van der Waals surface area (Å²) >= 11 is 0. The van der Waals surface area contributed by atoms with Crippen LogP contribution in [0.2, 0.25) is 0 Å². The first-order chi connectivity index (χ1) is 55.0. The van der Waals surface area contributed by atoms with Gasteiger partial charge in [0.05, 0.1) is 42.7 Å². The summed E-state index contributed by atoms with van der Waals surface area (Å²) < 4.78 is 124. The molecule has 0 aliphatic carbocycles. The molecule has 0 fully saturated rings. The highest BCUT2D eigenvalue weighted by Gasteiger charge is 2.49. The van der Waals surface area contributed by atoms with Gasteiger partial charge in [0.25, 0.3) is 11.8 Å². The lowest BCUT2D eigenvalue weighted by molar-refractivity contribution is -0.118.